The number of ether oxygens (including phenoxy) is 2. The molecule has 7 N–H and O–H groups in total. The molecule has 4 aromatic rings. The van der Waals surface area contributed by atoms with Crippen LogP contribution in [0.4, 0.5) is 11.8 Å². The summed E-state index contributed by atoms with van der Waals surface area (Å²) in [7, 11) is -5.17. The molecule has 2 unspecified atom stereocenters. The van der Waals surface area contributed by atoms with E-state index in [0.29, 0.717) is 24.0 Å². The number of aromatic nitrogens is 8. The summed E-state index contributed by atoms with van der Waals surface area (Å²) < 4.78 is 55.5. The van der Waals surface area contributed by atoms with Gasteiger partial charge in [-0.25, -0.2) is 19.9 Å². The second kappa shape index (κ2) is 12.6. The van der Waals surface area contributed by atoms with E-state index in [2.05, 4.69) is 29.9 Å². The Morgan fingerprint density at radius 2 is 1.82 bits per heavy atom. The molecule has 0 aromatic carbocycles. The first kappa shape index (κ1) is 30.7. The zero-order valence-corrected chi connectivity index (χ0v) is 25.0. The zero-order chi connectivity index (χ0) is 31.1. The van der Waals surface area contributed by atoms with Gasteiger partial charge in [0.25, 0.3) is 5.56 Å². The van der Waals surface area contributed by atoms with Crippen LogP contribution < -0.4 is 17.0 Å². The van der Waals surface area contributed by atoms with Crippen molar-refractivity contribution in [3.63, 3.8) is 0 Å². The summed E-state index contributed by atoms with van der Waals surface area (Å²) in [5, 5.41) is 10.8. The quantitative estimate of drug-likeness (QED) is 0.128. The van der Waals surface area contributed by atoms with Crippen LogP contribution in [0.5, 0.6) is 0 Å². The average molecular weight is 656 g/mol. The normalized spacial score (nSPS) is 28.7. The molecule has 44 heavy (non-hydrogen) atoms. The fourth-order valence-electron chi connectivity index (χ4n) is 5.73. The maximum atomic E-state index is 13.2. The summed E-state index contributed by atoms with van der Waals surface area (Å²) in [6, 6.07) is -0.367. The van der Waals surface area contributed by atoms with Crippen molar-refractivity contribution in [2.24, 2.45) is 5.92 Å². The Labute approximate surface area is 248 Å². The topological polar surface area (TPSA) is 280 Å². The first-order chi connectivity index (χ1) is 21.1. The lowest BCUT2D eigenvalue weighted by Gasteiger charge is -2.23. The van der Waals surface area contributed by atoms with Crippen molar-refractivity contribution in [1.29, 1.82) is 0 Å². The van der Waals surface area contributed by atoms with Crippen molar-refractivity contribution >= 4 is 50.6 Å². The number of hydrogen-bond acceptors (Lipinski definition) is 16. The molecule has 9 atom stereocenters. The van der Waals surface area contributed by atoms with Gasteiger partial charge in [-0.05, 0) is 18.8 Å². The minimum atomic E-state index is -3.31. The third-order valence-electron chi connectivity index (χ3n) is 7.66. The molecule has 0 radical (unpaired) electrons. The van der Waals surface area contributed by atoms with Gasteiger partial charge in [0.2, 0.25) is 5.95 Å². The van der Waals surface area contributed by atoms with Crippen LogP contribution >= 0.6 is 16.5 Å². The number of nitrogens with zero attached hydrogens (tertiary/aromatic N) is 7. The van der Waals surface area contributed by atoms with Gasteiger partial charge < -0.3 is 44.6 Å². The largest absolute Gasteiger partial charge is 0.391 e. The lowest BCUT2D eigenvalue weighted by Crippen LogP contribution is -2.36. The lowest BCUT2D eigenvalue weighted by atomic mass is 10.1. The minimum absolute atomic E-state index is 0.00545. The summed E-state index contributed by atoms with van der Waals surface area (Å²) in [5.41, 5.74) is 12.0. The number of nitrogens with one attached hydrogen (secondary N) is 1. The molecular weight excluding hydrogens is 626 g/mol. The van der Waals surface area contributed by atoms with Crippen LogP contribution in [0.3, 0.4) is 0 Å². The van der Waals surface area contributed by atoms with Crippen LogP contribution in [0.1, 0.15) is 25.1 Å². The molecule has 0 bridgehead atoms. The Balaban J connectivity index is 1.17. The molecule has 1 saturated heterocycles. The molecule has 0 amide bonds. The Bertz CT molecular complexity index is 1770. The van der Waals surface area contributed by atoms with E-state index in [1.807, 2.05) is 0 Å². The number of aliphatic hydroxyl groups excluding tert-OH is 1. The van der Waals surface area contributed by atoms with Crippen LogP contribution in [0, 0.1) is 5.92 Å². The molecule has 0 spiro atoms. The Kier molecular flexibility index (Phi) is 8.78. The number of methoxy groups -OCH3 is 1. The first-order valence-electron chi connectivity index (χ1n) is 13.3. The smallest absolute Gasteiger partial charge is 0.319 e. The molecule has 1 aliphatic heterocycles. The van der Waals surface area contributed by atoms with E-state index in [9.17, 15) is 23.9 Å². The second-order valence-corrected chi connectivity index (χ2v) is 12.2. The molecule has 2 aliphatic rings. The second-order valence-electron chi connectivity index (χ2n) is 10.3. The van der Waals surface area contributed by atoms with Crippen LogP contribution in [-0.2, 0) is 32.2 Å². The highest BCUT2D eigenvalue weighted by Gasteiger charge is 2.49. The van der Waals surface area contributed by atoms with E-state index < -0.39 is 52.7 Å². The van der Waals surface area contributed by atoms with Crippen molar-refractivity contribution in [2.75, 3.05) is 31.8 Å². The van der Waals surface area contributed by atoms with E-state index in [1.165, 1.54) is 24.3 Å². The van der Waals surface area contributed by atoms with Gasteiger partial charge in [-0.15, -0.1) is 0 Å². The van der Waals surface area contributed by atoms with Crippen molar-refractivity contribution in [2.45, 2.75) is 49.5 Å². The molecule has 4 aromatic heterocycles. The number of rotatable bonds is 11. The first-order valence-corrected chi connectivity index (χ1v) is 15.8. The van der Waals surface area contributed by atoms with Gasteiger partial charge in [0.15, 0.2) is 28.9 Å². The molecule has 1 saturated carbocycles. The van der Waals surface area contributed by atoms with Crippen molar-refractivity contribution in [3.8, 4) is 0 Å². The number of H-pyrrole nitrogens is 1. The molecule has 1 aliphatic carbocycles. The third kappa shape index (κ3) is 5.88. The van der Waals surface area contributed by atoms with Gasteiger partial charge in [0.05, 0.1) is 38.0 Å². The fraction of sp³-hybridized carbons (Fsp3) is 0.545. The van der Waals surface area contributed by atoms with Gasteiger partial charge in [0.1, 0.15) is 30.2 Å². The summed E-state index contributed by atoms with van der Waals surface area (Å²) in [6.45, 7) is -0.347. The Morgan fingerprint density at radius 3 is 2.59 bits per heavy atom. The fourth-order valence-corrected chi connectivity index (χ4v) is 6.95. The van der Waals surface area contributed by atoms with Gasteiger partial charge in [-0.2, -0.15) is 4.98 Å². The van der Waals surface area contributed by atoms with Crippen LogP contribution in [0.2, 0.25) is 0 Å². The van der Waals surface area contributed by atoms with Crippen molar-refractivity contribution in [3.05, 3.63) is 29.3 Å². The summed E-state index contributed by atoms with van der Waals surface area (Å²) >= 11 is 0. The highest BCUT2D eigenvalue weighted by molar-refractivity contribution is 7.33. The molecular formula is C22H30N10O10P2. The Morgan fingerprint density at radius 1 is 1.05 bits per heavy atom. The number of aromatic amines is 1. The van der Waals surface area contributed by atoms with Crippen molar-refractivity contribution in [1.82, 2.24) is 39.0 Å². The third-order valence-corrected chi connectivity index (χ3v) is 8.94. The van der Waals surface area contributed by atoms with E-state index in [-0.39, 0.29) is 48.1 Å². The van der Waals surface area contributed by atoms with Crippen molar-refractivity contribution < 1.29 is 42.2 Å². The molecule has 6 rings (SSSR count). The minimum Gasteiger partial charge on any atom is -0.391 e. The lowest BCUT2D eigenvalue weighted by molar-refractivity contribution is -0.0486. The molecule has 5 heterocycles. The van der Waals surface area contributed by atoms with Crippen LogP contribution in [0.25, 0.3) is 22.3 Å². The number of fused-ring (bicyclic) bond motifs is 2. The predicted molar refractivity (Wildman–Crippen MR) is 152 cm³/mol. The van der Waals surface area contributed by atoms with Gasteiger partial charge in [-0.1, -0.05) is 0 Å². The monoisotopic (exact) mass is 656 g/mol. The number of nitrogens with two attached hydrogens (primary N) is 2. The van der Waals surface area contributed by atoms with E-state index in [0.717, 1.165) is 0 Å². The zero-order valence-electron chi connectivity index (χ0n) is 23.0. The summed E-state index contributed by atoms with van der Waals surface area (Å²) in [6.07, 6.45) is 0.102. The molecule has 2 fully saturated rings. The average Bonchev–Trinajstić information content (AvgIpc) is 3.75. The summed E-state index contributed by atoms with van der Waals surface area (Å²) in [4.78, 5) is 44.5. The number of anilines is 2. The maximum absolute atomic E-state index is 13.2. The number of nitrogen functional groups attached to an aromatic ring is 2. The maximum Gasteiger partial charge on any atom is 0.319 e. The van der Waals surface area contributed by atoms with Crippen LogP contribution in [-0.4, -0.2) is 93.8 Å². The number of aliphatic hydroxyl groups is 1. The molecule has 238 valence electrons. The van der Waals surface area contributed by atoms with Gasteiger partial charge in [-0.3, -0.25) is 28.0 Å². The van der Waals surface area contributed by atoms with E-state index in [1.54, 1.807) is 10.9 Å². The highest BCUT2D eigenvalue weighted by atomic mass is 31.1. The number of imidazole rings is 2. The standard InChI is InChI=1S/C22H30N10O10P2/c1-38-15-12(5-39-43(35)36)41-21(32-8-28-14-19(32)29-22(24)30-20(14)34)16(15)42-44(37)40-4-9-2-10(11(33)3-9)31-7-27-13-17(23)25-6-26-18(13)31/h6-12,15-16,21,33,43-44H,2-5H2,1H3,(H,35,36)(H2,23,25,26)(H3,24,29,30,34)/t9-,10+,11+,12+,15+,16+,21+/m0/s1. The van der Waals surface area contributed by atoms with Crippen LogP contribution in [0.15, 0.2) is 23.8 Å². The summed E-state index contributed by atoms with van der Waals surface area (Å²) in [5.74, 6) is -0.122. The Hall–Kier alpha value is -3.32. The van der Waals surface area contributed by atoms with E-state index in [4.69, 9.17) is 34.5 Å². The SMILES string of the molecule is CO[C@H]1[C@@H](O[PH](=O)OC[C@@H]2C[C@@H](O)[C@H](n3cnc4c(N)ncnc43)C2)[C@H](n2cnc3c(=O)[nH]c(N)nc32)O[C@@H]1CO[PH](=O)O. The predicted octanol–water partition coefficient (Wildman–Crippen LogP) is -0.462. The number of hydrogen-bond donors (Lipinski definition) is 5. The molecule has 22 heteroatoms. The highest BCUT2D eigenvalue weighted by Crippen LogP contribution is 2.43. The van der Waals surface area contributed by atoms with E-state index >= 15 is 0 Å². The van der Waals surface area contributed by atoms with Gasteiger partial charge in [0, 0.05) is 7.11 Å². The van der Waals surface area contributed by atoms with Gasteiger partial charge >= 0.3 is 16.5 Å². The molecule has 20 nitrogen and oxygen atoms in total.